The van der Waals surface area contributed by atoms with Crippen molar-refractivity contribution in [2.75, 3.05) is 25.0 Å². The van der Waals surface area contributed by atoms with Gasteiger partial charge in [0.2, 0.25) is 17.7 Å². The number of nitrogens with zero attached hydrogens (tertiary/aromatic N) is 7. The molecule has 66 heavy (non-hydrogen) atoms. The number of anilines is 1. The van der Waals surface area contributed by atoms with Crippen molar-refractivity contribution in [1.29, 1.82) is 0 Å². The molecule has 4 N–H and O–H groups in total. The van der Waals surface area contributed by atoms with Crippen LogP contribution in [-0.4, -0.2) is 102 Å². The van der Waals surface area contributed by atoms with Gasteiger partial charge in [0, 0.05) is 97.2 Å². The van der Waals surface area contributed by atoms with Gasteiger partial charge >= 0.3 is 6.09 Å². The first-order valence-corrected chi connectivity index (χ1v) is 23.4. The van der Waals surface area contributed by atoms with E-state index in [0.29, 0.717) is 64.8 Å². The average molecular weight is 909 g/mol. The minimum Gasteiger partial charge on any atom is -0.465 e. The van der Waals surface area contributed by atoms with Crippen LogP contribution in [0.2, 0.25) is 0 Å². The monoisotopic (exact) mass is 908 g/mol. The lowest BCUT2D eigenvalue weighted by molar-refractivity contribution is -0.137. The lowest BCUT2D eigenvalue weighted by Crippen LogP contribution is -2.62. The van der Waals surface area contributed by atoms with Crippen LogP contribution in [0.25, 0.3) is 5.57 Å². The molecule has 1 saturated carbocycles. The Balaban J connectivity index is 0.649. The molecule has 5 amide bonds. The van der Waals surface area contributed by atoms with Crippen LogP contribution in [-0.2, 0) is 20.9 Å². The normalized spacial score (nSPS) is 21.0. The van der Waals surface area contributed by atoms with Crippen LogP contribution in [0.4, 0.5) is 10.5 Å². The predicted molar refractivity (Wildman–Crippen MR) is 247 cm³/mol. The van der Waals surface area contributed by atoms with Crippen LogP contribution >= 0.6 is 11.8 Å². The first-order valence-electron chi connectivity index (χ1n) is 22.6. The van der Waals surface area contributed by atoms with E-state index in [1.807, 2.05) is 48.8 Å². The minimum atomic E-state index is -1.13. The number of hydrogen-bond acceptors (Lipinski definition) is 11. The first-order chi connectivity index (χ1) is 31.9. The number of carbonyl (C=O) groups excluding carboxylic acids is 4. The molecule has 1 aliphatic carbocycles. The number of carbonyl (C=O) groups is 5. The quantitative estimate of drug-likeness (QED) is 0.0581. The fourth-order valence-electron chi connectivity index (χ4n) is 9.84. The number of amides is 5. The Morgan fingerprint density at radius 3 is 2.62 bits per heavy atom. The molecular weight excluding hydrogens is 857 g/mol. The standard InChI is InChI=1S/C49H52N10O6S/c1-48(56-47(64)65)17-18-50-27-39(48)43-45(52-20-19-51-43)66-37-9-7-8-35(23-37)54-41(60)10-5-3-2-4-6-21-57-30-49(31-57)24-36(25-49)59-28-33(26-53-59)12-11-32-13-14-38-34(22-32)29-58(46(38)63)40-15-16-42(61)55-44(40)62/h7-9,13-14,18-20,22-23,26-28,36,40,56H,2-6,10,15-17,21,24-25,29-31H2,1H3,(H,54,60)(H,64,65)(H,55,61,62). The van der Waals surface area contributed by atoms with Crippen LogP contribution in [0.3, 0.4) is 0 Å². The van der Waals surface area contributed by atoms with E-state index in [0.717, 1.165) is 86.2 Å². The molecule has 2 unspecified atom stereocenters. The van der Waals surface area contributed by atoms with Crippen molar-refractivity contribution < 1.29 is 29.1 Å². The van der Waals surface area contributed by atoms with Gasteiger partial charge in [-0.05, 0) is 92.9 Å². The van der Waals surface area contributed by atoms with Crippen LogP contribution in [0.1, 0.15) is 116 Å². The fraction of sp³-hybridized carbons (Fsp3) is 0.408. The zero-order chi connectivity index (χ0) is 45.8. The largest absolute Gasteiger partial charge is 0.465 e. The van der Waals surface area contributed by atoms with E-state index < -0.39 is 23.6 Å². The van der Waals surface area contributed by atoms with Gasteiger partial charge in [0.15, 0.2) is 0 Å². The summed E-state index contributed by atoms with van der Waals surface area (Å²) in [5.74, 6) is 5.52. The molecule has 340 valence electrons. The third-order valence-corrected chi connectivity index (χ3v) is 14.2. The number of piperidine rings is 1. The molecule has 16 nitrogen and oxygen atoms in total. The molecule has 3 fully saturated rings. The molecule has 5 aliphatic rings. The van der Waals surface area contributed by atoms with Crippen molar-refractivity contribution in [3.8, 4) is 11.8 Å². The summed E-state index contributed by atoms with van der Waals surface area (Å²) >= 11 is 1.39. The van der Waals surface area contributed by atoms with E-state index in [2.05, 4.69) is 57.4 Å². The third-order valence-electron chi connectivity index (χ3n) is 13.2. The highest BCUT2D eigenvalue weighted by Crippen LogP contribution is 2.54. The lowest BCUT2D eigenvalue weighted by Gasteiger charge is -2.59. The summed E-state index contributed by atoms with van der Waals surface area (Å²) in [5.41, 5.74) is 4.42. The number of likely N-dealkylation sites (tertiary alicyclic amines) is 1. The summed E-state index contributed by atoms with van der Waals surface area (Å²) in [4.78, 5) is 79.8. The predicted octanol–water partition coefficient (Wildman–Crippen LogP) is 6.44. The molecule has 0 bridgehead atoms. The van der Waals surface area contributed by atoms with Crippen LogP contribution in [0, 0.1) is 17.3 Å². The smallest absolute Gasteiger partial charge is 0.405 e. The maximum atomic E-state index is 13.0. The summed E-state index contributed by atoms with van der Waals surface area (Å²) in [6.45, 7) is 5.50. The number of imide groups is 1. The molecule has 6 heterocycles. The molecule has 1 spiro atoms. The number of aliphatic imine (C=N–C) groups is 1. The second kappa shape index (κ2) is 19.1. The maximum absolute atomic E-state index is 13.0. The number of fused-ring (bicyclic) bond motifs is 1. The maximum Gasteiger partial charge on any atom is 0.405 e. The molecule has 0 radical (unpaired) electrons. The minimum absolute atomic E-state index is 0.0144. The van der Waals surface area contributed by atoms with E-state index in [9.17, 15) is 29.1 Å². The second-order valence-electron chi connectivity index (χ2n) is 18.3. The molecular formula is C49H52N10O6S. The Morgan fingerprint density at radius 2 is 1.79 bits per heavy atom. The third kappa shape index (κ3) is 9.94. The highest BCUT2D eigenvalue weighted by atomic mass is 32.2. The van der Waals surface area contributed by atoms with E-state index in [1.165, 1.54) is 11.8 Å². The van der Waals surface area contributed by atoms with E-state index >= 15 is 0 Å². The summed E-state index contributed by atoms with van der Waals surface area (Å²) in [7, 11) is 0. The molecule has 2 saturated heterocycles. The van der Waals surface area contributed by atoms with Gasteiger partial charge in [0.1, 0.15) is 16.8 Å². The van der Waals surface area contributed by atoms with Gasteiger partial charge in [-0.25, -0.2) is 9.78 Å². The van der Waals surface area contributed by atoms with Crippen LogP contribution in [0.5, 0.6) is 0 Å². The van der Waals surface area contributed by atoms with Gasteiger partial charge in [-0.1, -0.05) is 48.9 Å². The van der Waals surface area contributed by atoms with Crippen molar-refractivity contribution in [2.45, 2.75) is 112 Å². The second-order valence-corrected chi connectivity index (χ2v) is 19.3. The topological polar surface area (TPSA) is 204 Å². The van der Waals surface area contributed by atoms with Crippen molar-refractivity contribution in [3.05, 3.63) is 101 Å². The van der Waals surface area contributed by atoms with Gasteiger partial charge in [0.25, 0.3) is 5.91 Å². The van der Waals surface area contributed by atoms with E-state index in [-0.39, 0.29) is 24.1 Å². The average Bonchev–Trinajstić information content (AvgIpc) is 3.86. The number of aromatic nitrogens is 4. The van der Waals surface area contributed by atoms with Crippen molar-refractivity contribution >= 4 is 59.0 Å². The highest BCUT2D eigenvalue weighted by molar-refractivity contribution is 7.99. The molecule has 4 aliphatic heterocycles. The highest BCUT2D eigenvalue weighted by Gasteiger charge is 2.52. The van der Waals surface area contributed by atoms with Crippen molar-refractivity contribution in [2.24, 2.45) is 10.4 Å². The number of benzene rings is 2. The number of carboxylic acid groups (broad SMARTS) is 1. The Bertz CT molecular complexity index is 2690. The van der Waals surface area contributed by atoms with Crippen LogP contribution < -0.4 is 16.0 Å². The molecule has 2 atom stereocenters. The number of unbranched alkanes of at least 4 members (excludes halogenated alkanes) is 4. The Kier molecular flexibility index (Phi) is 12.9. The number of hydrogen-bond donors (Lipinski definition) is 4. The SMILES string of the molecule is CC1(NC(=O)O)CC=NC=C1c1nccnc1Sc1cccc(NC(=O)CCCCCCCN2CC3(CC(n4cc(C#Cc5ccc6c(c5)CN(C5CCC(=O)NC5=O)C6=O)cn4)C3)C2)c1. The zero-order valence-electron chi connectivity index (χ0n) is 36.8. The zero-order valence-corrected chi connectivity index (χ0v) is 37.6. The van der Waals surface area contributed by atoms with Gasteiger partial charge < -0.3 is 25.5 Å². The van der Waals surface area contributed by atoms with E-state index in [4.69, 9.17) is 0 Å². The fourth-order valence-corrected chi connectivity index (χ4v) is 10.8. The summed E-state index contributed by atoms with van der Waals surface area (Å²) < 4.78 is 2.05. The molecule has 2 aromatic carbocycles. The van der Waals surface area contributed by atoms with Gasteiger partial charge in [-0.15, -0.1) is 0 Å². The Morgan fingerprint density at radius 1 is 0.985 bits per heavy atom. The van der Waals surface area contributed by atoms with Crippen LogP contribution in [0.15, 0.2) is 88.4 Å². The van der Waals surface area contributed by atoms with Gasteiger partial charge in [-0.3, -0.25) is 39.2 Å². The Labute approximate surface area is 387 Å². The molecule has 4 aromatic rings. The molecule has 9 rings (SSSR count). The van der Waals surface area contributed by atoms with Gasteiger partial charge in [-0.2, -0.15) is 5.10 Å². The first kappa shape index (κ1) is 44.6. The van der Waals surface area contributed by atoms with Crippen molar-refractivity contribution in [3.63, 3.8) is 0 Å². The van der Waals surface area contributed by atoms with Crippen molar-refractivity contribution in [1.82, 2.24) is 40.2 Å². The summed E-state index contributed by atoms with van der Waals surface area (Å²) in [6.07, 6.45) is 18.1. The van der Waals surface area contributed by atoms with E-state index in [1.54, 1.807) is 42.7 Å². The summed E-state index contributed by atoms with van der Waals surface area (Å²) in [5, 5.41) is 22.7. The lowest BCUT2D eigenvalue weighted by atomic mass is 9.60. The summed E-state index contributed by atoms with van der Waals surface area (Å²) in [6, 6.07) is 12.9. The van der Waals surface area contributed by atoms with Gasteiger partial charge in [0.05, 0.1) is 23.3 Å². The number of rotatable bonds is 15. The molecule has 2 aromatic heterocycles. The molecule has 17 heteroatoms. The number of nitrogens with one attached hydrogen (secondary N) is 3. The Hall–Kier alpha value is -6.64.